The zero-order chi connectivity index (χ0) is 31.2. The first kappa shape index (κ1) is 29.5. The summed E-state index contributed by atoms with van der Waals surface area (Å²) < 4.78 is 0. The van der Waals surface area contributed by atoms with E-state index >= 15 is 0 Å². The Hall–Kier alpha value is -4.56. The molecule has 3 N–H and O–H groups in total. The molecule has 0 radical (unpaired) electrons. The van der Waals surface area contributed by atoms with Gasteiger partial charge in [0, 0.05) is 37.4 Å². The van der Waals surface area contributed by atoms with Crippen LogP contribution in [0.15, 0.2) is 43.0 Å². The largest absolute Gasteiger partial charge is 0.388 e. The topological polar surface area (TPSA) is 141 Å². The molecule has 11 nitrogen and oxygen atoms in total. The summed E-state index contributed by atoms with van der Waals surface area (Å²) in [6.07, 6.45) is 3.77. The molecule has 3 aliphatic rings. The number of carbonyl (C=O) groups excluding carboxylic acids is 2. The number of carbonyl (C=O) groups is 2. The molecular weight excluding hydrogens is 554 g/mol. The predicted molar refractivity (Wildman–Crippen MR) is 165 cm³/mol. The Bertz CT molecular complexity index is 1600. The van der Waals surface area contributed by atoms with Crippen LogP contribution in [0.25, 0.3) is 5.70 Å². The molecule has 11 heteroatoms. The van der Waals surface area contributed by atoms with E-state index in [0.717, 1.165) is 59.2 Å². The number of nitrogens with one attached hydrogen (secondary N) is 3. The van der Waals surface area contributed by atoms with Gasteiger partial charge in [0.1, 0.15) is 6.04 Å². The summed E-state index contributed by atoms with van der Waals surface area (Å²) in [5.74, 6) is 0.846. The van der Waals surface area contributed by atoms with Crippen molar-refractivity contribution in [1.29, 1.82) is 5.26 Å². The maximum atomic E-state index is 13.3. The van der Waals surface area contributed by atoms with E-state index in [0.29, 0.717) is 23.7 Å². The van der Waals surface area contributed by atoms with Gasteiger partial charge in [-0.3, -0.25) is 9.59 Å². The number of fused-ring (bicyclic) bond motifs is 3. The minimum absolute atomic E-state index is 0.0350. The molecule has 1 aromatic heterocycles. The molecule has 1 aliphatic heterocycles. The lowest BCUT2D eigenvalue weighted by Crippen LogP contribution is -2.46. The minimum atomic E-state index is -0.823. The Morgan fingerprint density at radius 2 is 1.77 bits per heavy atom. The standard InChI is InChI=1S/C33H39N9O2/c1-19(37-18-30(43)42-26(17-34)14-25-15-29(25)42)16-33(32-38-40-41(5)39-32)27-10-8-21(20(2)35-3)12-22(27)6-7-23-13-24(31(44)36-4)9-11-28(23)33/h8-13,19,25-26,29,35,37H,2,6-7,14-16,18H2,1,3-5H3,(H,36,44)/t19-,25+,26-,29-,33?/m0/s1. The van der Waals surface area contributed by atoms with Gasteiger partial charge in [0.2, 0.25) is 5.91 Å². The molecule has 2 aliphatic carbocycles. The van der Waals surface area contributed by atoms with E-state index in [4.69, 9.17) is 5.10 Å². The van der Waals surface area contributed by atoms with Crippen molar-refractivity contribution in [3.05, 3.63) is 82.2 Å². The summed E-state index contributed by atoms with van der Waals surface area (Å²) >= 11 is 0. The third-order valence-corrected chi connectivity index (χ3v) is 9.58. The first-order valence-corrected chi connectivity index (χ1v) is 15.2. The quantitative estimate of drug-likeness (QED) is 0.343. The second-order valence-corrected chi connectivity index (χ2v) is 12.3. The van der Waals surface area contributed by atoms with Crippen molar-refractivity contribution in [3.63, 3.8) is 0 Å². The van der Waals surface area contributed by atoms with Gasteiger partial charge in [0.25, 0.3) is 5.91 Å². The maximum Gasteiger partial charge on any atom is 0.251 e. The van der Waals surface area contributed by atoms with Crippen molar-refractivity contribution in [2.75, 3.05) is 20.6 Å². The van der Waals surface area contributed by atoms with Gasteiger partial charge in [-0.2, -0.15) is 10.1 Å². The van der Waals surface area contributed by atoms with E-state index in [-0.39, 0.29) is 36.5 Å². The number of aromatic nitrogens is 4. The van der Waals surface area contributed by atoms with Crippen molar-refractivity contribution in [3.8, 4) is 6.07 Å². The van der Waals surface area contributed by atoms with Crippen LogP contribution in [0.2, 0.25) is 0 Å². The number of amides is 2. The van der Waals surface area contributed by atoms with Crippen molar-refractivity contribution < 1.29 is 9.59 Å². The summed E-state index contributed by atoms with van der Waals surface area (Å²) in [5, 5.41) is 32.6. The molecule has 2 aromatic carbocycles. The Morgan fingerprint density at radius 3 is 2.39 bits per heavy atom. The summed E-state index contributed by atoms with van der Waals surface area (Å²) in [7, 11) is 5.24. The van der Waals surface area contributed by atoms with Crippen LogP contribution >= 0.6 is 0 Å². The van der Waals surface area contributed by atoms with Crippen LogP contribution < -0.4 is 16.0 Å². The van der Waals surface area contributed by atoms with E-state index in [1.54, 1.807) is 19.0 Å². The average Bonchev–Trinajstić information content (AvgIpc) is 3.53. The van der Waals surface area contributed by atoms with E-state index in [9.17, 15) is 14.9 Å². The second kappa shape index (κ2) is 11.5. The van der Waals surface area contributed by atoms with Crippen molar-refractivity contribution in [2.24, 2.45) is 13.0 Å². The highest BCUT2D eigenvalue weighted by atomic mass is 16.2. The van der Waals surface area contributed by atoms with Gasteiger partial charge in [-0.25, -0.2) is 0 Å². The van der Waals surface area contributed by atoms with Gasteiger partial charge < -0.3 is 20.9 Å². The lowest BCUT2D eigenvalue weighted by molar-refractivity contribution is -0.131. The van der Waals surface area contributed by atoms with Crippen LogP contribution in [0.4, 0.5) is 0 Å². The van der Waals surface area contributed by atoms with Gasteiger partial charge in [0.05, 0.1) is 25.1 Å². The molecule has 6 rings (SSSR count). The van der Waals surface area contributed by atoms with E-state index in [1.165, 1.54) is 4.80 Å². The van der Waals surface area contributed by atoms with Crippen LogP contribution in [0.5, 0.6) is 0 Å². The molecule has 2 heterocycles. The number of tetrazole rings is 1. The first-order chi connectivity index (χ1) is 21.2. The Balaban J connectivity index is 1.43. The molecule has 0 spiro atoms. The number of rotatable bonds is 9. The molecular formula is C33H39N9O2. The monoisotopic (exact) mass is 593 g/mol. The van der Waals surface area contributed by atoms with Crippen molar-refractivity contribution in [1.82, 2.24) is 41.1 Å². The summed E-state index contributed by atoms with van der Waals surface area (Å²) in [4.78, 5) is 29.3. The Labute approximate surface area is 257 Å². The Kier molecular flexibility index (Phi) is 7.72. The molecule has 2 amide bonds. The zero-order valence-electron chi connectivity index (χ0n) is 25.7. The molecule has 3 aromatic rings. The third kappa shape index (κ3) is 5.03. The average molecular weight is 594 g/mol. The van der Waals surface area contributed by atoms with Crippen LogP contribution in [0.1, 0.15) is 70.2 Å². The molecule has 1 saturated heterocycles. The van der Waals surface area contributed by atoms with E-state index < -0.39 is 5.41 Å². The fraction of sp³-hybridized carbons (Fsp3) is 0.455. The molecule has 0 bridgehead atoms. The second-order valence-electron chi connectivity index (χ2n) is 12.3. The van der Waals surface area contributed by atoms with Gasteiger partial charge in [-0.15, -0.1) is 10.2 Å². The number of hydrogen-bond donors (Lipinski definition) is 3. The highest BCUT2D eigenvalue weighted by molar-refractivity contribution is 5.94. The minimum Gasteiger partial charge on any atom is -0.388 e. The summed E-state index contributed by atoms with van der Waals surface area (Å²) in [5.41, 5.74) is 5.85. The number of likely N-dealkylation sites (tertiary alicyclic amines) is 1. The lowest BCUT2D eigenvalue weighted by Gasteiger charge is -2.36. The number of benzene rings is 2. The van der Waals surface area contributed by atoms with Crippen LogP contribution in [-0.4, -0.2) is 75.7 Å². The highest BCUT2D eigenvalue weighted by Crippen LogP contribution is 2.48. The normalized spacial score (nSPS) is 23.8. The lowest BCUT2D eigenvalue weighted by atomic mass is 9.67. The number of nitrogens with zero attached hydrogens (tertiary/aromatic N) is 6. The van der Waals surface area contributed by atoms with Gasteiger partial charge in [-0.05, 0) is 96.2 Å². The predicted octanol–water partition coefficient (Wildman–Crippen LogP) is 2.07. The van der Waals surface area contributed by atoms with Gasteiger partial charge in [0.15, 0.2) is 5.82 Å². The molecule has 2 fully saturated rings. The van der Waals surface area contributed by atoms with Gasteiger partial charge in [-0.1, -0.05) is 24.8 Å². The number of hydrogen-bond acceptors (Lipinski definition) is 8. The molecule has 44 heavy (non-hydrogen) atoms. The number of nitriles is 1. The van der Waals surface area contributed by atoms with Crippen LogP contribution in [-0.2, 0) is 30.1 Å². The summed E-state index contributed by atoms with van der Waals surface area (Å²) in [6.45, 7) is 6.38. The number of piperidine rings is 1. The summed E-state index contributed by atoms with van der Waals surface area (Å²) in [6, 6.07) is 14.3. The van der Waals surface area contributed by atoms with E-state index in [1.807, 2.05) is 25.2 Å². The highest BCUT2D eigenvalue weighted by Gasteiger charge is 2.54. The molecule has 1 unspecified atom stereocenters. The van der Waals surface area contributed by atoms with Crippen LogP contribution in [0, 0.1) is 17.2 Å². The molecule has 5 atom stereocenters. The fourth-order valence-corrected chi connectivity index (χ4v) is 7.29. The molecule has 1 saturated carbocycles. The third-order valence-electron chi connectivity index (χ3n) is 9.58. The number of aryl methyl sites for hydroxylation is 3. The Morgan fingerprint density at radius 1 is 1.09 bits per heavy atom. The smallest absolute Gasteiger partial charge is 0.251 e. The van der Waals surface area contributed by atoms with Crippen LogP contribution in [0.3, 0.4) is 0 Å². The van der Waals surface area contributed by atoms with Crippen molar-refractivity contribution in [2.45, 2.75) is 62.6 Å². The maximum absolute atomic E-state index is 13.3. The first-order valence-electron chi connectivity index (χ1n) is 15.2. The molecule has 228 valence electrons. The zero-order valence-corrected chi connectivity index (χ0v) is 25.7. The SMILES string of the molecule is C=C(NC)c1ccc2c(c1)CCc1cc(C(=O)NC)ccc1C2(C[C@H](C)NCC(=O)N1[C@H](C#N)C[C@@H]2C[C@@H]21)c1nnn(C)n1. The fourth-order valence-electron chi connectivity index (χ4n) is 7.29. The van der Waals surface area contributed by atoms with Crippen molar-refractivity contribution >= 4 is 17.5 Å². The van der Waals surface area contributed by atoms with Gasteiger partial charge >= 0.3 is 0 Å². The van der Waals surface area contributed by atoms with E-state index in [2.05, 4.69) is 64.0 Å².